The number of aliphatic hydroxyl groups excluding tert-OH is 1. The van der Waals surface area contributed by atoms with E-state index in [1.54, 1.807) is 12.2 Å². The first-order chi connectivity index (χ1) is 15.2. The van der Waals surface area contributed by atoms with E-state index in [-0.39, 0.29) is 47.4 Å². The number of ether oxygens (including phenoxy) is 2. The van der Waals surface area contributed by atoms with Gasteiger partial charge in [0.2, 0.25) is 0 Å². The molecule has 5 rings (SSSR count). The minimum atomic E-state index is -0.987. The Balaban J connectivity index is 0.00000119. The van der Waals surface area contributed by atoms with Crippen molar-refractivity contribution in [2.75, 3.05) is 13.7 Å². The normalized spacial score (nSPS) is 45.8. The van der Waals surface area contributed by atoms with E-state index in [1.807, 2.05) is 26.8 Å². The van der Waals surface area contributed by atoms with Crippen molar-refractivity contribution in [2.24, 2.45) is 33.6 Å². The number of nitrogens with zero attached hydrogens (tertiary/aromatic N) is 1. The molecule has 0 spiro atoms. The Morgan fingerprint density at radius 2 is 2.06 bits per heavy atom. The van der Waals surface area contributed by atoms with E-state index in [2.05, 4.69) is 13.8 Å². The van der Waals surface area contributed by atoms with Gasteiger partial charge in [-0.1, -0.05) is 39.3 Å². The van der Waals surface area contributed by atoms with Crippen LogP contribution >= 0.6 is 0 Å². The zero-order valence-electron chi connectivity index (χ0n) is 20.2. The number of Topliss-reactive ketones (excluding diaryl/α,β-unsaturated/α-hetero) is 1. The molecule has 6 heteroatoms. The maximum atomic E-state index is 13.4. The Morgan fingerprint density at radius 1 is 1.34 bits per heavy atom. The van der Waals surface area contributed by atoms with E-state index >= 15 is 0 Å². The average molecular weight is 444 g/mol. The van der Waals surface area contributed by atoms with Gasteiger partial charge >= 0.3 is 0 Å². The van der Waals surface area contributed by atoms with Gasteiger partial charge in [0.25, 0.3) is 0 Å². The molecular weight excluding hydrogens is 406 g/mol. The fourth-order valence-corrected chi connectivity index (χ4v) is 7.93. The predicted molar refractivity (Wildman–Crippen MR) is 122 cm³/mol. The van der Waals surface area contributed by atoms with Crippen molar-refractivity contribution in [3.63, 3.8) is 0 Å². The van der Waals surface area contributed by atoms with Crippen LogP contribution in [0.1, 0.15) is 60.3 Å². The minimum absolute atomic E-state index is 0.00140. The molecule has 0 bridgehead atoms. The molecule has 3 saturated carbocycles. The lowest BCUT2D eigenvalue weighted by atomic mass is 9.46. The summed E-state index contributed by atoms with van der Waals surface area (Å²) in [4.78, 5) is 30.2. The molecule has 176 valence electrons. The second kappa shape index (κ2) is 7.91. The van der Waals surface area contributed by atoms with E-state index in [9.17, 15) is 14.7 Å². The monoisotopic (exact) mass is 443 g/mol. The quantitative estimate of drug-likeness (QED) is 0.719. The van der Waals surface area contributed by atoms with E-state index in [4.69, 9.17) is 14.5 Å². The molecular formula is C26H37NO5. The van der Waals surface area contributed by atoms with Crippen LogP contribution in [0.5, 0.6) is 0 Å². The molecule has 0 aromatic rings. The van der Waals surface area contributed by atoms with Gasteiger partial charge in [-0.15, -0.1) is 0 Å². The smallest absolute Gasteiger partial charge is 0.190 e. The summed E-state index contributed by atoms with van der Waals surface area (Å²) in [6.07, 6.45) is 7.56. The maximum Gasteiger partial charge on any atom is 0.190 e. The summed E-state index contributed by atoms with van der Waals surface area (Å²) < 4.78 is 11.3. The number of fused-ring (bicyclic) bond motifs is 7. The third-order valence-corrected chi connectivity index (χ3v) is 9.04. The molecule has 3 fully saturated rings. The van der Waals surface area contributed by atoms with Gasteiger partial charge in [-0.25, -0.2) is 4.99 Å². The van der Waals surface area contributed by atoms with Crippen molar-refractivity contribution in [2.45, 2.75) is 78.0 Å². The van der Waals surface area contributed by atoms with E-state index in [0.717, 1.165) is 24.8 Å². The second-order valence-electron chi connectivity index (χ2n) is 10.3. The summed E-state index contributed by atoms with van der Waals surface area (Å²) in [6, 6.07) is 0. The van der Waals surface area contributed by atoms with Crippen LogP contribution in [-0.2, 0) is 19.1 Å². The number of aliphatic imine (C=N–C) groups is 1. The summed E-state index contributed by atoms with van der Waals surface area (Å²) in [5.74, 6) is 1.03. The Bertz CT molecular complexity index is 906. The number of rotatable bonds is 3. The van der Waals surface area contributed by atoms with Crippen LogP contribution in [0, 0.1) is 28.6 Å². The van der Waals surface area contributed by atoms with Gasteiger partial charge in [0.15, 0.2) is 23.0 Å². The topological polar surface area (TPSA) is 85.2 Å². The highest BCUT2D eigenvalue weighted by atomic mass is 16.5. The Hall–Kier alpha value is -1.79. The van der Waals surface area contributed by atoms with Gasteiger partial charge in [0.05, 0.1) is 6.10 Å². The summed E-state index contributed by atoms with van der Waals surface area (Å²) >= 11 is 0. The van der Waals surface area contributed by atoms with E-state index < -0.39 is 17.1 Å². The Kier molecular flexibility index (Phi) is 5.78. The number of aliphatic hydroxyl groups is 1. The maximum absolute atomic E-state index is 13.4. The molecule has 0 unspecified atom stereocenters. The lowest BCUT2D eigenvalue weighted by Crippen LogP contribution is -2.62. The SMILES string of the molecule is CC.COCC(=O)[C@@]12N=C(C)O[C@@H]1C[C@H]1[C@@H]3CCC4=CC(=O)C=C[C@]4(C)[C@H]3[C@@H](O)C[C@@]12C. The molecule has 6 nitrogen and oxygen atoms in total. The van der Waals surface area contributed by atoms with Crippen LogP contribution in [0.3, 0.4) is 0 Å². The third kappa shape index (κ3) is 2.88. The first-order valence-corrected chi connectivity index (χ1v) is 12.0. The fourth-order valence-electron chi connectivity index (χ4n) is 7.93. The van der Waals surface area contributed by atoms with Gasteiger partial charge in [-0.05, 0) is 49.7 Å². The molecule has 0 aromatic carbocycles. The van der Waals surface area contributed by atoms with Crippen molar-refractivity contribution in [1.82, 2.24) is 0 Å². The van der Waals surface area contributed by atoms with Crippen molar-refractivity contribution in [3.8, 4) is 0 Å². The first kappa shape index (κ1) is 23.4. The number of hydrogen-bond donors (Lipinski definition) is 1. The summed E-state index contributed by atoms with van der Waals surface area (Å²) in [5, 5.41) is 11.5. The van der Waals surface area contributed by atoms with E-state index in [0.29, 0.717) is 12.3 Å². The molecule has 0 aromatic heterocycles. The number of allylic oxidation sites excluding steroid dienone is 4. The average Bonchev–Trinajstić information content (AvgIpc) is 3.21. The molecule has 1 heterocycles. The summed E-state index contributed by atoms with van der Waals surface area (Å²) in [6.45, 7) is 10.1. The Morgan fingerprint density at radius 3 is 2.75 bits per heavy atom. The molecule has 4 aliphatic carbocycles. The lowest BCUT2D eigenvalue weighted by molar-refractivity contribution is -0.146. The number of ketones is 2. The minimum Gasteiger partial charge on any atom is -0.475 e. The molecule has 1 N–H and O–H groups in total. The highest BCUT2D eigenvalue weighted by Gasteiger charge is 2.74. The van der Waals surface area contributed by atoms with Crippen molar-refractivity contribution in [1.29, 1.82) is 0 Å². The summed E-state index contributed by atoms with van der Waals surface area (Å²) in [5.41, 5.74) is -0.664. The van der Waals surface area contributed by atoms with Crippen LogP contribution in [0.2, 0.25) is 0 Å². The highest BCUT2D eigenvalue weighted by molar-refractivity contribution is 6.01. The summed E-state index contributed by atoms with van der Waals surface area (Å²) in [7, 11) is 1.53. The van der Waals surface area contributed by atoms with Crippen LogP contribution in [0.25, 0.3) is 0 Å². The van der Waals surface area contributed by atoms with Crippen LogP contribution in [0.15, 0.2) is 28.8 Å². The molecule has 1 aliphatic heterocycles. The molecule has 0 saturated heterocycles. The second-order valence-corrected chi connectivity index (χ2v) is 10.3. The number of carbonyl (C=O) groups is 2. The van der Waals surface area contributed by atoms with Crippen molar-refractivity contribution < 1.29 is 24.2 Å². The number of hydrogen-bond acceptors (Lipinski definition) is 6. The third-order valence-electron chi connectivity index (χ3n) is 9.04. The number of methoxy groups -OCH3 is 1. The largest absolute Gasteiger partial charge is 0.475 e. The first-order valence-electron chi connectivity index (χ1n) is 12.0. The molecule has 5 aliphatic rings. The molecule has 0 amide bonds. The molecule has 32 heavy (non-hydrogen) atoms. The van der Waals surface area contributed by atoms with Gasteiger partial charge in [-0.3, -0.25) is 9.59 Å². The van der Waals surface area contributed by atoms with E-state index in [1.165, 1.54) is 7.11 Å². The van der Waals surface area contributed by atoms with Crippen LogP contribution in [-0.4, -0.2) is 54.0 Å². The van der Waals surface area contributed by atoms with Gasteiger partial charge in [0.1, 0.15) is 12.7 Å². The van der Waals surface area contributed by atoms with Crippen LogP contribution in [0.4, 0.5) is 0 Å². The zero-order chi connectivity index (χ0) is 23.5. The highest BCUT2D eigenvalue weighted by Crippen LogP contribution is 2.69. The van der Waals surface area contributed by atoms with Crippen molar-refractivity contribution >= 4 is 17.5 Å². The standard InChI is InChI=1S/C24H31NO5.C2H6/c1-13-25-24(19(28)12-29-4)20(30-13)10-17-16-6-5-14-9-15(26)7-8-22(14,2)21(16)18(27)11-23(17,24)3;1-2/h7-9,16-18,20-21,27H,5-6,10-12H2,1-4H3;1-2H3/t16-,17-,18-,20+,21+,22-,23-,24+;/m0./s1. The van der Waals surface area contributed by atoms with Gasteiger partial charge in [-0.2, -0.15) is 0 Å². The number of carbonyl (C=O) groups excluding carboxylic acids is 2. The fraction of sp³-hybridized carbons (Fsp3) is 0.731. The Labute approximate surface area is 191 Å². The van der Waals surface area contributed by atoms with Gasteiger partial charge in [0, 0.05) is 30.8 Å². The van der Waals surface area contributed by atoms with Crippen LogP contribution < -0.4 is 0 Å². The van der Waals surface area contributed by atoms with Crippen molar-refractivity contribution in [3.05, 3.63) is 23.8 Å². The lowest BCUT2D eigenvalue weighted by Gasteiger charge is -2.59. The van der Waals surface area contributed by atoms with Gasteiger partial charge < -0.3 is 14.6 Å². The zero-order valence-corrected chi connectivity index (χ0v) is 20.2. The molecule has 8 atom stereocenters. The predicted octanol–water partition coefficient (Wildman–Crippen LogP) is 3.67. The molecule has 0 radical (unpaired) electrons.